The lowest BCUT2D eigenvalue weighted by atomic mass is 10.0. The van der Waals surface area contributed by atoms with Crippen molar-refractivity contribution in [2.75, 3.05) is 7.11 Å². The molecule has 0 unspecified atom stereocenters. The standard InChI is InChI=1S/C13H19BrN2O2/c1-3-4-5-12(16-18-2)9-6-10(8-15)13(17)11(14)7-9/h6-7,17H,3-5,8,15H2,1-2H3. The molecule has 0 saturated heterocycles. The zero-order valence-corrected chi connectivity index (χ0v) is 12.3. The van der Waals surface area contributed by atoms with Gasteiger partial charge in [0.2, 0.25) is 0 Å². The first-order valence-electron chi connectivity index (χ1n) is 5.95. The van der Waals surface area contributed by atoms with Crippen LogP contribution in [0.4, 0.5) is 0 Å². The summed E-state index contributed by atoms with van der Waals surface area (Å²) in [6.07, 6.45) is 2.97. The van der Waals surface area contributed by atoms with E-state index in [1.54, 1.807) is 0 Å². The van der Waals surface area contributed by atoms with E-state index in [1.165, 1.54) is 7.11 Å². The molecule has 0 aliphatic rings. The molecule has 0 radical (unpaired) electrons. The van der Waals surface area contributed by atoms with Crippen LogP contribution in [-0.2, 0) is 11.4 Å². The van der Waals surface area contributed by atoms with Crippen LogP contribution in [0.15, 0.2) is 21.8 Å². The summed E-state index contributed by atoms with van der Waals surface area (Å²) in [5.41, 5.74) is 8.10. The molecule has 1 rings (SSSR count). The third kappa shape index (κ3) is 3.71. The van der Waals surface area contributed by atoms with E-state index < -0.39 is 0 Å². The molecule has 0 aliphatic carbocycles. The summed E-state index contributed by atoms with van der Waals surface area (Å²) < 4.78 is 0.626. The van der Waals surface area contributed by atoms with Crippen LogP contribution in [0.2, 0.25) is 0 Å². The second-order valence-electron chi connectivity index (χ2n) is 3.99. The van der Waals surface area contributed by atoms with Gasteiger partial charge in [-0.05, 0) is 40.9 Å². The highest BCUT2D eigenvalue weighted by molar-refractivity contribution is 9.10. The van der Waals surface area contributed by atoms with Gasteiger partial charge in [0.05, 0.1) is 10.2 Å². The number of aromatic hydroxyl groups is 1. The Kier molecular flexibility index (Phi) is 6.15. The first-order valence-corrected chi connectivity index (χ1v) is 6.75. The van der Waals surface area contributed by atoms with Crippen molar-refractivity contribution >= 4 is 21.6 Å². The summed E-state index contributed by atoms with van der Waals surface area (Å²) in [6, 6.07) is 3.69. The summed E-state index contributed by atoms with van der Waals surface area (Å²) in [5.74, 6) is 0.188. The van der Waals surface area contributed by atoms with Crippen LogP contribution >= 0.6 is 15.9 Å². The molecule has 18 heavy (non-hydrogen) atoms. The number of oxime groups is 1. The quantitative estimate of drug-likeness (QED) is 0.626. The maximum absolute atomic E-state index is 9.81. The predicted octanol–water partition coefficient (Wildman–Crippen LogP) is 3.15. The normalized spacial score (nSPS) is 11.7. The summed E-state index contributed by atoms with van der Waals surface area (Å²) in [6.45, 7) is 2.41. The summed E-state index contributed by atoms with van der Waals surface area (Å²) in [7, 11) is 1.53. The van der Waals surface area contributed by atoms with Crippen LogP contribution in [0, 0.1) is 0 Å². The predicted molar refractivity (Wildman–Crippen MR) is 76.8 cm³/mol. The lowest BCUT2D eigenvalue weighted by Crippen LogP contribution is -2.05. The van der Waals surface area contributed by atoms with Crippen molar-refractivity contribution in [2.45, 2.75) is 32.7 Å². The Bertz CT molecular complexity index is 433. The average Bonchev–Trinajstić information content (AvgIpc) is 2.37. The molecule has 5 heteroatoms. The first kappa shape index (κ1) is 15.0. The Morgan fingerprint density at radius 1 is 1.50 bits per heavy atom. The zero-order valence-electron chi connectivity index (χ0n) is 10.7. The fourth-order valence-electron chi connectivity index (χ4n) is 1.68. The number of rotatable bonds is 6. The van der Waals surface area contributed by atoms with Gasteiger partial charge in [-0.25, -0.2) is 0 Å². The molecule has 100 valence electrons. The van der Waals surface area contributed by atoms with Gasteiger partial charge >= 0.3 is 0 Å². The number of benzene rings is 1. The largest absolute Gasteiger partial charge is 0.506 e. The van der Waals surface area contributed by atoms with Crippen molar-refractivity contribution in [3.05, 3.63) is 27.7 Å². The zero-order chi connectivity index (χ0) is 13.5. The number of hydrogen-bond donors (Lipinski definition) is 2. The molecule has 0 aromatic heterocycles. The van der Waals surface area contributed by atoms with Crippen LogP contribution in [0.3, 0.4) is 0 Å². The van der Waals surface area contributed by atoms with Crippen molar-refractivity contribution in [1.82, 2.24) is 0 Å². The molecular formula is C13H19BrN2O2. The molecular weight excluding hydrogens is 296 g/mol. The van der Waals surface area contributed by atoms with Crippen LogP contribution in [-0.4, -0.2) is 17.9 Å². The van der Waals surface area contributed by atoms with Gasteiger partial charge in [0.25, 0.3) is 0 Å². The van der Waals surface area contributed by atoms with Crippen LogP contribution in [0.5, 0.6) is 5.75 Å². The molecule has 3 N–H and O–H groups in total. The number of nitrogens with zero attached hydrogens (tertiary/aromatic N) is 1. The minimum atomic E-state index is 0.188. The fourth-order valence-corrected chi connectivity index (χ4v) is 2.18. The highest BCUT2D eigenvalue weighted by Crippen LogP contribution is 2.30. The van der Waals surface area contributed by atoms with Crippen LogP contribution < -0.4 is 5.73 Å². The maximum Gasteiger partial charge on any atom is 0.134 e. The van der Waals surface area contributed by atoms with Crippen molar-refractivity contribution in [1.29, 1.82) is 0 Å². The van der Waals surface area contributed by atoms with Crippen molar-refractivity contribution in [3.63, 3.8) is 0 Å². The lowest BCUT2D eigenvalue weighted by molar-refractivity contribution is 0.212. The molecule has 0 amide bonds. The van der Waals surface area contributed by atoms with Gasteiger partial charge in [-0.3, -0.25) is 0 Å². The number of halogens is 1. The smallest absolute Gasteiger partial charge is 0.134 e. The first-order chi connectivity index (χ1) is 8.63. The van der Waals surface area contributed by atoms with E-state index in [1.807, 2.05) is 12.1 Å². The molecule has 4 nitrogen and oxygen atoms in total. The third-order valence-corrected chi connectivity index (χ3v) is 3.27. The van der Waals surface area contributed by atoms with E-state index in [0.717, 1.165) is 30.5 Å². The van der Waals surface area contributed by atoms with E-state index in [-0.39, 0.29) is 12.3 Å². The minimum absolute atomic E-state index is 0.188. The van der Waals surface area contributed by atoms with E-state index >= 15 is 0 Å². The Labute approximate surface area is 116 Å². The number of phenols is 1. The summed E-state index contributed by atoms with van der Waals surface area (Å²) in [5, 5.41) is 13.9. The molecule has 0 spiro atoms. The monoisotopic (exact) mass is 314 g/mol. The molecule has 0 saturated carbocycles. The van der Waals surface area contributed by atoms with Gasteiger partial charge in [-0.1, -0.05) is 18.5 Å². The number of hydrogen-bond acceptors (Lipinski definition) is 4. The highest BCUT2D eigenvalue weighted by atomic mass is 79.9. The Hall–Kier alpha value is -1.07. The summed E-state index contributed by atoms with van der Waals surface area (Å²) in [4.78, 5) is 4.88. The average molecular weight is 315 g/mol. The van der Waals surface area contributed by atoms with Crippen molar-refractivity contribution in [3.8, 4) is 5.75 Å². The number of unbranched alkanes of at least 4 members (excludes halogenated alkanes) is 1. The van der Waals surface area contributed by atoms with E-state index in [0.29, 0.717) is 10.0 Å². The van der Waals surface area contributed by atoms with Crippen LogP contribution in [0.1, 0.15) is 37.3 Å². The third-order valence-electron chi connectivity index (χ3n) is 2.66. The molecule has 0 atom stereocenters. The summed E-state index contributed by atoms with van der Waals surface area (Å²) >= 11 is 3.32. The van der Waals surface area contributed by atoms with Crippen molar-refractivity contribution < 1.29 is 9.94 Å². The van der Waals surface area contributed by atoms with E-state index in [9.17, 15) is 5.11 Å². The Balaban J connectivity index is 3.12. The van der Waals surface area contributed by atoms with Crippen LogP contribution in [0.25, 0.3) is 0 Å². The maximum atomic E-state index is 9.81. The molecule has 0 heterocycles. The Morgan fingerprint density at radius 3 is 2.78 bits per heavy atom. The number of nitrogens with two attached hydrogens (primary N) is 1. The molecule has 0 aliphatic heterocycles. The highest BCUT2D eigenvalue weighted by Gasteiger charge is 2.11. The van der Waals surface area contributed by atoms with Crippen molar-refractivity contribution in [2.24, 2.45) is 10.9 Å². The van der Waals surface area contributed by atoms with Gasteiger partial charge in [0.1, 0.15) is 12.9 Å². The second kappa shape index (κ2) is 7.38. The van der Waals surface area contributed by atoms with Gasteiger partial charge in [-0.2, -0.15) is 0 Å². The minimum Gasteiger partial charge on any atom is -0.506 e. The number of phenolic OH excluding ortho intramolecular Hbond substituents is 1. The molecule has 0 fully saturated rings. The lowest BCUT2D eigenvalue weighted by Gasteiger charge is -2.10. The van der Waals surface area contributed by atoms with Gasteiger partial charge in [0.15, 0.2) is 0 Å². The fraction of sp³-hybridized carbons (Fsp3) is 0.462. The van der Waals surface area contributed by atoms with E-state index in [2.05, 4.69) is 28.0 Å². The molecule has 1 aromatic carbocycles. The van der Waals surface area contributed by atoms with E-state index in [4.69, 9.17) is 10.6 Å². The molecule has 0 bridgehead atoms. The van der Waals surface area contributed by atoms with Gasteiger partial charge < -0.3 is 15.7 Å². The van der Waals surface area contributed by atoms with Gasteiger partial charge in [0, 0.05) is 17.7 Å². The van der Waals surface area contributed by atoms with Gasteiger partial charge in [-0.15, -0.1) is 0 Å². The SMILES string of the molecule is CCCCC(=NOC)c1cc(Br)c(O)c(CN)c1. The topological polar surface area (TPSA) is 67.8 Å². The Morgan fingerprint density at radius 2 is 2.22 bits per heavy atom. The second-order valence-corrected chi connectivity index (χ2v) is 4.85. The molecule has 1 aromatic rings.